The summed E-state index contributed by atoms with van der Waals surface area (Å²) >= 11 is 5.21. The van der Waals surface area contributed by atoms with E-state index in [1.54, 1.807) is 0 Å². The molecule has 2 atom stereocenters. The minimum Gasteiger partial charge on any atom is -0.392 e. The maximum absolute atomic E-state index is 12.9. The first-order valence-corrected chi connectivity index (χ1v) is 7.57. The fraction of sp³-hybridized carbons (Fsp3) is 0.857. The van der Waals surface area contributed by atoms with Crippen LogP contribution >= 0.6 is 12.2 Å². The van der Waals surface area contributed by atoms with Gasteiger partial charge in [-0.25, -0.2) is 0 Å². The SMILES string of the molecule is CC1CCN(C(=O)C2(C(N)=S)CCOCC2)C(C)C1. The fourth-order valence-corrected chi connectivity index (χ4v) is 3.56. The summed E-state index contributed by atoms with van der Waals surface area (Å²) in [5.74, 6) is 0.817. The maximum atomic E-state index is 12.9. The number of carbonyl (C=O) groups excluding carboxylic acids is 1. The lowest BCUT2D eigenvalue weighted by Gasteiger charge is -2.44. The summed E-state index contributed by atoms with van der Waals surface area (Å²) in [5, 5.41) is 0. The van der Waals surface area contributed by atoms with Crippen molar-refractivity contribution in [3.8, 4) is 0 Å². The number of piperidine rings is 1. The molecule has 0 bridgehead atoms. The summed E-state index contributed by atoms with van der Waals surface area (Å²) in [7, 11) is 0. The lowest BCUT2D eigenvalue weighted by molar-refractivity contribution is -0.146. The molecule has 0 aromatic heterocycles. The monoisotopic (exact) mass is 284 g/mol. The summed E-state index contributed by atoms with van der Waals surface area (Å²) in [6, 6.07) is 0.283. The maximum Gasteiger partial charge on any atom is 0.236 e. The largest absolute Gasteiger partial charge is 0.392 e. The number of carbonyl (C=O) groups is 1. The molecule has 5 heteroatoms. The van der Waals surface area contributed by atoms with E-state index in [-0.39, 0.29) is 11.9 Å². The molecule has 2 N–H and O–H groups in total. The van der Waals surface area contributed by atoms with E-state index in [0.717, 1.165) is 19.4 Å². The molecule has 0 aliphatic carbocycles. The van der Waals surface area contributed by atoms with Crippen LogP contribution in [0.4, 0.5) is 0 Å². The van der Waals surface area contributed by atoms with E-state index >= 15 is 0 Å². The Labute approximate surface area is 120 Å². The zero-order chi connectivity index (χ0) is 14.0. The standard InChI is InChI=1S/C14H24N2O2S/c1-10-3-6-16(11(2)9-10)13(17)14(12(15)19)4-7-18-8-5-14/h10-11H,3-9H2,1-2H3,(H2,15,19). The topological polar surface area (TPSA) is 55.6 Å². The Morgan fingerprint density at radius 3 is 2.53 bits per heavy atom. The van der Waals surface area contributed by atoms with Gasteiger partial charge in [-0.15, -0.1) is 0 Å². The van der Waals surface area contributed by atoms with Gasteiger partial charge in [0.2, 0.25) is 5.91 Å². The second kappa shape index (κ2) is 5.75. The average Bonchev–Trinajstić information content (AvgIpc) is 2.38. The highest BCUT2D eigenvalue weighted by Crippen LogP contribution is 2.36. The predicted molar refractivity (Wildman–Crippen MR) is 78.8 cm³/mol. The van der Waals surface area contributed by atoms with Crippen molar-refractivity contribution in [3.05, 3.63) is 0 Å². The number of amides is 1. The van der Waals surface area contributed by atoms with E-state index in [9.17, 15) is 4.79 Å². The highest BCUT2D eigenvalue weighted by Gasteiger charge is 2.46. The average molecular weight is 284 g/mol. The van der Waals surface area contributed by atoms with Gasteiger partial charge in [0.25, 0.3) is 0 Å². The van der Waals surface area contributed by atoms with Crippen LogP contribution < -0.4 is 5.73 Å². The van der Waals surface area contributed by atoms with Gasteiger partial charge in [-0.05, 0) is 38.5 Å². The molecule has 2 saturated heterocycles. The first-order valence-electron chi connectivity index (χ1n) is 7.16. The van der Waals surface area contributed by atoms with Crippen molar-refractivity contribution < 1.29 is 9.53 Å². The third kappa shape index (κ3) is 2.77. The lowest BCUT2D eigenvalue weighted by Crippen LogP contribution is -2.56. The van der Waals surface area contributed by atoms with E-state index in [1.165, 1.54) is 0 Å². The number of thiocarbonyl (C=S) groups is 1. The Morgan fingerprint density at radius 1 is 1.37 bits per heavy atom. The van der Waals surface area contributed by atoms with E-state index in [2.05, 4.69) is 13.8 Å². The second-order valence-corrected chi connectivity index (χ2v) is 6.48. The van der Waals surface area contributed by atoms with Gasteiger partial charge in [0, 0.05) is 25.8 Å². The van der Waals surface area contributed by atoms with Crippen molar-refractivity contribution >= 4 is 23.1 Å². The van der Waals surface area contributed by atoms with Gasteiger partial charge in [0.15, 0.2) is 0 Å². The number of hydrogen-bond acceptors (Lipinski definition) is 3. The number of hydrogen-bond donors (Lipinski definition) is 1. The van der Waals surface area contributed by atoms with Crippen LogP contribution in [0.25, 0.3) is 0 Å². The van der Waals surface area contributed by atoms with Gasteiger partial charge in [0.05, 0.1) is 4.99 Å². The molecular weight excluding hydrogens is 260 g/mol. The normalized spacial score (nSPS) is 30.9. The number of nitrogens with two attached hydrogens (primary N) is 1. The highest BCUT2D eigenvalue weighted by atomic mass is 32.1. The molecule has 2 heterocycles. The van der Waals surface area contributed by atoms with Crippen LogP contribution in [0.15, 0.2) is 0 Å². The summed E-state index contributed by atoms with van der Waals surface area (Å²) in [4.78, 5) is 15.3. The molecule has 0 spiro atoms. The predicted octanol–water partition coefficient (Wildman–Crippen LogP) is 1.72. The third-order valence-corrected chi connectivity index (χ3v) is 5.02. The van der Waals surface area contributed by atoms with Gasteiger partial charge >= 0.3 is 0 Å². The van der Waals surface area contributed by atoms with Crippen LogP contribution in [0.3, 0.4) is 0 Å². The van der Waals surface area contributed by atoms with Crippen molar-refractivity contribution in [2.75, 3.05) is 19.8 Å². The molecule has 0 aromatic rings. The molecule has 19 heavy (non-hydrogen) atoms. The van der Waals surface area contributed by atoms with E-state index < -0.39 is 5.41 Å². The molecule has 4 nitrogen and oxygen atoms in total. The third-order valence-electron chi connectivity index (χ3n) is 4.63. The van der Waals surface area contributed by atoms with Gasteiger partial charge in [-0.2, -0.15) is 0 Å². The van der Waals surface area contributed by atoms with Crippen LogP contribution in [0.5, 0.6) is 0 Å². The Hall–Kier alpha value is -0.680. The molecule has 108 valence electrons. The van der Waals surface area contributed by atoms with Gasteiger partial charge in [-0.3, -0.25) is 4.79 Å². The Balaban J connectivity index is 2.18. The first-order chi connectivity index (χ1) is 8.97. The minimum absolute atomic E-state index is 0.128. The Kier molecular flexibility index (Phi) is 4.46. The number of rotatable bonds is 2. The van der Waals surface area contributed by atoms with Crippen molar-refractivity contribution in [1.29, 1.82) is 0 Å². The summed E-state index contributed by atoms with van der Waals surface area (Å²) < 4.78 is 5.37. The molecule has 2 aliphatic heterocycles. The molecule has 0 saturated carbocycles. The molecular formula is C14H24N2O2S. The lowest BCUT2D eigenvalue weighted by atomic mass is 9.77. The van der Waals surface area contributed by atoms with Crippen LogP contribution in [0.1, 0.15) is 39.5 Å². The van der Waals surface area contributed by atoms with Crippen molar-refractivity contribution in [2.24, 2.45) is 17.1 Å². The van der Waals surface area contributed by atoms with Crippen LogP contribution in [0.2, 0.25) is 0 Å². The van der Waals surface area contributed by atoms with E-state index in [4.69, 9.17) is 22.7 Å². The van der Waals surface area contributed by atoms with Crippen LogP contribution in [-0.4, -0.2) is 41.6 Å². The van der Waals surface area contributed by atoms with Gasteiger partial charge in [-0.1, -0.05) is 19.1 Å². The minimum atomic E-state index is -0.664. The Morgan fingerprint density at radius 2 is 2.00 bits per heavy atom. The smallest absolute Gasteiger partial charge is 0.236 e. The fourth-order valence-electron chi connectivity index (χ4n) is 3.27. The summed E-state index contributed by atoms with van der Waals surface area (Å²) in [5.41, 5.74) is 5.25. The van der Waals surface area contributed by atoms with Crippen LogP contribution in [0, 0.1) is 11.3 Å². The van der Waals surface area contributed by atoms with Crippen molar-refractivity contribution in [3.63, 3.8) is 0 Å². The zero-order valence-corrected chi connectivity index (χ0v) is 12.7. The van der Waals surface area contributed by atoms with Crippen molar-refractivity contribution in [1.82, 2.24) is 4.90 Å². The van der Waals surface area contributed by atoms with Crippen molar-refractivity contribution in [2.45, 2.75) is 45.6 Å². The molecule has 0 radical (unpaired) electrons. The number of nitrogens with zero attached hydrogens (tertiary/aromatic N) is 1. The molecule has 2 unspecified atom stereocenters. The van der Waals surface area contributed by atoms with Gasteiger partial charge in [0.1, 0.15) is 5.41 Å². The molecule has 0 aromatic carbocycles. The molecule has 1 amide bonds. The molecule has 2 rings (SSSR count). The second-order valence-electron chi connectivity index (χ2n) is 6.04. The van der Waals surface area contributed by atoms with Gasteiger partial charge < -0.3 is 15.4 Å². The summed E-state index contributed by atoms with van der Waals surface area (Å²) in [6.45, 7) is 6.34. The number of likely N-dealkylation sites (tertiary alicyclic amines) is 1. The molecule has 2 aliphatic rings. The zero-order valence-electron chi connectivity index (χ0n) is 11.9. The molecule has 2 fully saturated rings. The first kappa shape index (κ1) is 14.7. The quantitative estimate of drug-likeness (QED) is 0.784. The number of ether oxygens (including phenoxy) is 1. The summed E-state index contributed by atoms with van der Waals surface area (Å²) in [6.07, 6.45) is 3.38. The van der Waals surface area contributed by atoms with E-state index in [0.29, 0.717) is 37.0 Å². The van der Waals surface area contributed by atoms with Crippen LogP contribution in [-0.2, 0) is 9.53 Å². The Bertz CT molecular complexity index is 366. The van der Waals surface area contributed by atoms with E-state index in [1.807, 2.05) is 4.90 Å². The highest BCUT2D eigenvalue weighted by molar-refractivity contribution is 7.80.